The SMILES string of the molecule is CC(CCNC(=O)Nc1cccnc1C(=O)O)S(C)=O. The molecule has 0 bridgehead atoms. The normalized spacial score (nSPS) is 13.3. The Morgan fingerprint density at radius 2 is 2.20 bits per heavy atom. The molecule has 3 N–H and O–H groups in total. The highest BCUT2D eigenvalue weighted by Gasteiger charge is 2.13. The summed E-state index contributed by atoms with van der Waals surface area (Å²) in [6.07, 6.45) is 3.53. The molecule has 7 nitrogen and oxygen atoms in total. The molecule has 0 aliphatic heterocycles. The quantitative estimate of drug-likeness (QED) is 0.727. The van der Waals surface area contributed by atoms with Crippen LogP contribution in [-0.2, 0) is 10.8 Å². The molecule has 8 heteroatoms. The molecule has 110 valence electrons. The van der Waals surface area contributed by atoms with E-state index in [0.29, 0.717) is 13.0 Å². The van der Waals surface area contributed by atoms with E-state index in [4.69, 9.17) is 5.11 Å². The zero-order chi connectivity index (χ0) is 15.1. The molecule has 0 radical (unpaired) electrons. The zero-order valence-corrected chi connectivity index (χ0v) is 12.1. The number of hydrogen-bond donors (Lipinski definition) is 3. The van der Waals surface area contributed by atoms with Gasteiger partial charge in [-0.25, -0.2) is 14.6 Å². The van der Waals surface area contributed by atoms with Gasteiger partial charge in [-0.05, 0) is 18.6 Å². The van der Waals surface area contributed by atoms with Crippen LogP contribution >= 0.6 is 0 Å². The van der Waals surface area contributed by atoms with Crippen molar-refractivity contribution in [2.45, 2.75) is 18.6 Å². The fourth-order valence-electron chi connectivity index (χ4n) is 1.40. The monoisotopic (exact) mass is 299 g/mol. The van der Waals surface area contributed by atoms with Gasteiger partial charge in [0, 0.05) is 35.0 Å². The van der Waals surface area contributed by atoms with Crippen molar-refractivity contribution in [2.75, 3.05) is 18.1 Å². The van der Waals surface area contributed by atoms with Crippen LogP contribution in [0.25, 0.3) is 0 Å². The second kappa shape index (κ2) is 7.59. The predicted octanol–water partition coefficient (Wildman–Crippen LogP) is 1.06. The van der Waals surface area contributed by atoms with Crippen LogP contribution in [-0.4, -0.2) is 44.4 Å². The summed E-state index contributed by atoms with van der Waals surface area (Å²) in [5.41, 5.74) is -0.0877. The summed E-state index contributed by atoms with van der Waals surface area (Å²) in [5.74, 6) is -1.21. The first-order valence-corrected chi connectivity index (χ1v) is 7.59. The van der Waals surface area contributed by atoms with Gasteiger partial charge in [0.15, 0.2) is 5.69 Å². The van der Waals surface area contributed by atoms with E-state index in [9.17, 15) is 13.8 Å². The minimum absolute atomic E-state index is 0.0109. The number of carboxylic acid groups (broad SMARTS) is 1. The molecule has 0 aliphatic carbocycles. The van der Waals surface area contributed by atoms with Gasteiger partial charge < -0.3 is 15.7 Å². The van der Waals surface area contributed by atoms with Crippen molar-refractivity contribution in [3.8, 4) is 0 Å². The van der Waals surface area contributed by atoms with E-state index >= 15 is 0 Å². The molecular formula is C12H17N3O4S. The van der Waals surface area contributed by atoms with Crippen LogP contribution < -0.4 is 10.6 Å². The Bertz CT molecular complexity index is 521. The fourth-order valence-corrected chi connectivity index (χ4v) is 1.85. The Balaban J connectivity index is 2.51. The van der Waals surface area contributed by atoms with Crippen molar-refractivity contribution in [1.29, 1.82) is 0 Å². The summed E-state index contributed by atoms with van der Waals surface area (Å²) in [7, 11) is -0.932. The van der Waals surface area contributed by atoms with Crippen molar-refractivity contribution in [3.63, 3.8) is 0 Å². The van der Waals surface area contributed by atoms with E-state index in [1.54, 1.807) is 6.26 Å². The van der Waals surface area contributed by atoms with E-state index < -0.39 is 22.8 Å². The highest BCUT2D eigenvalue weighted by molar-refractivity contribution is 7.84. The topological polar surface area (TPSA) is 108 Å². The van der Waals surface area contributed by atoms with Gasteiger partial charge in [0.1, 0.15) is 0 Å². The van der Waals surface area contributed by atoms with E-state index in [-0.39, 0.29) is 16.6 Å². The molecule has 1 rings (SSSR count). The number of carbonyl (C=O) groups excluding carboxylic acids is 1. The lowest BCUT2D eigenvalue weighted by Crippen LogP contribution is -2.32. The minimum Gasteiger partial charge on any atom is -0.476 e. The Morgan fingerprint density at radius 1 is 1.50 bits per heavy atom. The number of hydrogen-bond acceptors (Lipinski definition) is 4. The maximum atomic E-state index is 11.6. The zero-order valence-electron chi connectivity index (χ0n) is 11.3. The number of carbonyl (C=O) groups is 2. The number of rotatable bonds is 6. The maximum Gasteiger partial charge on any atom is 0.356 e. The van der Waals surface area contributed by atoms with Crippen LogP contribution in [0.5, 0.6) is 0 Å². The third kappa shape index (κ3) is 4.96. The summed E-state index contributed by atoms with van der Waals surface area (Å²) in [6.45, 7) is 2.19. The smallest absolute Gasteiger partial charge is 0.356 e. The van der Waals surface area contributed by atoms with Crippen LogP contribution in [0, 0.1) is 0 Å². The van der Waals surface area contributed by atoms with E-state index in [2.05, 4.69) is 15.6 Å². The molecule has 0 saturated carbocycles. The number of carboxylic acids is 1. The summed E-state index contributed by atoms with van der Waals surface area (Å²) in [4.78, 5) is 26.2. The van der Waals surface area contributed by atoms with Gasteiger partial charge in [-0.3, -0.25) is 4.21 Å². The van der Waals surface area contributed by atoms with Gasteiger partial charge in [0.25, 0.3) is 0 Å². The van der Waals surface area contributed by atoms with Crippen molar-refractivity contribution in [3.05, 3.63) is 24.0 Å². The third-order valence-corrected chi connectivity index (χ3v) is 4.03. The molecule has 0 saturated heterocycles. The molecule has 0 aliphatic rings. The highest BCUT2D eigenvalue weighted by Crippen LogP contribution is 2.11. The number of nitrogens with one attached hydrogen (secondary N) is 2. The van der Waals surface area contributed by atoms with Crippen molar-refractivity contribution in [2.24, 2.45) is 0 Å². The molecule has 0 spiro atoms. The average Bonchev–Trinajstić information content (AvgIpc) is 2.38. The van der Waals surface area contributed by atoms with Gasteiger partial charge in [-0.15, -0.1) is 0 Å². The van der Waals surface area contributed by atoms with Crippen molar-refractivity contribution < 1.29 is 18.9 Å². The van der Waals surface area contributed by atoms with E-state index in [1.165, 1.54) is 18.3 Å². The standard InChI is InChI=1S/C12H17N3O4S/c1-8(20(2)19)5-7-14-12(18)15-9-4-3-6-13-10(9)11(16)17/h3-4,6,8H,5,7H2,1-2H3,(H,16,17)(H2,14,15,18). The molecule has 1 heterocycles. The Kier molecular flexibility index (Phi) is 6.10. The molecule has 2 amide bonds. The molecule has 0 aromatic carbocycles. The summed E-state index contributed by atoms with van der Waals surface area (Å²) in [5, 5.41) is 13.9. The molecule has 20 heavy (non-hydrogen) atoms. The first kappa shape index (κ1) is 16.1. The lowest BCUT2D eigenvalue weighted by Gasteiger charge is -2.11. The third-order valence-electron chi connectivity index (χ3n) is 2.66. The Hall–Kier alpha value is -1.96. The first-order valence-electron chi connectivity index (χ1n) is 5.97. The highest BCUT2D eigenvalue weighted by atomic mass is 32.2. The van der Waals surface area contributed by atoms with Crippen LogP contribution in [0.2, 0.25) is 0 Å². The second-order valence-electron chi connectivity index (χ2n) is 4.18. The van der Waals surface area contributed by atoms with Crippen LogP contribution in [0.15, 0.2) is 18.3 Å². The summed E-state index contributed by atoms with van der Waals surface area (Å²) < 4.78 is 11.1. The minimum atomic E-state index is -1.21. The maximum absolute atomic E-state index is 11.6. The number of aromatic carboxylic acids is 1. The lowest BCUT2D eigenvalue weighted by molar-refractivity contribution is 0.0691. The Morgan fingerprint density at radius 3 is 2.80 bits per heavy atom. The number of pyridine rings is 1. The van der Waals surface area contributed by atoms with Gasteiger partial charge in [-0.1, -0.05) is 6.92 Å². The summed E-state index contributed by atoms with van der Waals surface area (Å²) >= 11 is 0. The number of amides is 2. The summed E-state index contributed by atoms with van der Waals surface area (Å²) in [6, 6.07) is 2.47. The number of anilines is 1. The number of aromatic nitrogens is 1. The van der Waals surface area contributed by atoms with Crippen LogP contribution in [0.3, 0.4) is 0 Å². The fraction of sp³-hybridized carbons (Fsp3) is 0.417. The van der Waals surface area contributed by atoms with E-state index in [1.807, 2.05) is 6.92 Å². The Labute approximate surface area is 119 Å². The predicted molar refractivity (Wildman–Crippen MR) is 76.4 cm³/mol. The molecule has 1 aromatic heterocycles. The van der Waals surface area contributed by atoms with Gasteiger partial charge >= 0.3 is 12.0 Å². The number of nitrogens with zero attached hydrogens (tertiary/aromatic N) is 1. The molecular weight excluding hydrogens is 282 g/mol. The van der Waals surface area contributed by atoms with Crippen LogP contribution in [0.4, 0.5) is 10.5 Å². The second-order valence-corrected chi connectivity index (χ2v) is 5.99. The first-order chi connectivity index (χ1) is 9.41. The van der Waals surface area contributed by atoms with Gasteiger partial charge in [0.05, 0.1) is 5.69 Å². The lowest BCUT2D eigenvalue weighted by atomic mass is 10.3. The average molecular weight is 299 g/mol. The molecule has 0 fully saturated rings. The largest absolute Gasteiger partial charge is 0.476 e. The van der Waals surface area contributed by atoms with Gasteiger partial charge in [0.2, 0.25) is 0 Å². The van der Waals surface area contributed by atoms with Gasteiger partial charge in [-0.2, -0.15) is 0 Å². The van der Waals surface area contributed by atoms with Crippen molar-refractivity contribution in [1.82, 2.24) is 10.3 Å². The van der Waals surface area contributed by atoms with Crippen LogP contribution in [0.1, 0.15) is 23.8 Å². The molecule has 1 aromatic rings. The molecule has 2 atom stereocenters. The molecule has 2 unspecified atom stereocenters. The number of urea groups is 1. The van der Waals surface area contributed by atoms with Crippen molar-refractivity contribution >= 4 is 28.5 Å². The van der Waals surface area contributed by atoms with E-state index in [0.717, 1.165) is 0 Å².